The van der Waals surface area contributed by atoms with E-state index in [4.69, 9.17) is 4.74 Å². The van der Waals surface area contributed by atoms with Crippen molar-refractivity contribution < 1.29 is 4.74 Å². The molecule has 0 amide bonds. The van der Waals surface area contributed by atoms with Crippen LogP contribution >= 0.6 is 0 Å². The topological polar surface area (TPSA) is 37.4 Å². The summed E-state index contributed by atoms with van der Waals surface area (Å²) < 4.78 is 5.44. The van der Waals surface area contributed by atoms with Crippen LogP contribution in [0.3, 0.4) is 0 Å². The first-order valence-electron chi connectivity index (χ1n) is 7.32. The second-order valence-electron chi connectivity index (χ2n) is 5.12. The summed E-state index contributed by atoms with van der Waals surface area (Å²) in [5.74, 6) is 1.84. The summed E-state index contributed by atoms with van der Waals surface area (Å²) >= 11 is 0. The second kappa shape index (κ2) is 7.34. The number of methoxy groups -OCH3 is 1. The van der Waals surface area contributed by atoms with Crippen LogP contribution in [0, 0.1) is 0 Å². The predicted octanol–water partition coefficient (Wildman–Crippen LogP) is 2.45. The number of rotatable bonds is 6. The molecule has 1 unspecified atom stereocenters. The Morgan fingerprint density at radius 2 is 2.37 bits per heavy atom. The van der Waals surface area contributed by atoms with Gasteiger partial charge in [0.25, 0.3) is 0 Å². The van der Waals surface area contributed by atoms with E-state index in [0.29, 0.717) is 6.04 Å². The van der Waals surface area contributed by atoms with Crippen LogP contribution < -0.4 is 15.0 Å². The van der Waals surface area contributed by atoms with Gasteiger partial charge in [0.2, 0.25) is 0 Å². The third kappa shape index (κ3) is 3.83. The number of pyridine rings is 1. The minimum absolute atomic E-state index is 0.576. The lowest BCUT2D eigenvalue weighted by Gasteiger charge is -2.31. The average molecular weight is 263 g/mol. The Morgan fingerprint density at radius 3 is 3.05 bits per heavy atom. The number of hydrogen-bond acceptors (Lipinski definition) is 4. The van der Waals surface area contributed by atoms with Crippen LogP contribution in [0.4, 0.5) is 5.82 Å². The van der Waals surface area contributed by atoms with Crippen molar-refractivity contribution >= 4 is 5.82 Å². The largest absolute Gasteiger partial charge is 0.493 e. The number of aromatic nitrogens is 1. The summed E-state index contributed by atoms with van der Waals surface area (Å²) in [6.45, 7) is 5.38. The minimum Gasteiger partial charge on any atom is -0.493 e. The lowest BCUT2D eigenvalue weighted by molar-refractivity contribution is 0.390. The van der Waals surface area contributed by atoms with Crippen molar-refractivity contribution in [2.45, 2.75) is 38.6 Å². The van der Waals surface area contributed by atoms with Crippen molar-refractivity contribution in [2.75, 3.05) is 31.6 Å². The van der Waals surface area contributed by atoms with Gasteiger partial charge in [-0.1, -0.05) is 13.3 Å². The van der Waals surface area contributed by atoms with Gasteiger partial charge in [0.05, 0.1) is 7.11 Å². The molecule has 1 N–H and O–H groups in total. The van der Waals surface area contributed by atoms with Gasteiger partial charge in [-0.2, -0.15) is 0 Å². The van der Waals surface area contributed by atoms with Crippen LogP contribution in [0.2, 0.25) is 0 Å². The molecule has 1 fully saturated rings. The zero-order valence-corrected chi connectivity index (χ0v) is 12.1. The van der Waals surface area contributed by atoms with Crippen LogP contribution in [0.1, 0.15) is 32.6 Å². The zero-order valence-electron chi connectivity index (χ0n) is 12.1. The first-order valence-corrected chi connectivity index (χ1v) is 7.32. The van der Waals surface area contributed by atoms with Crippen LogP contribution in [0.5, 0.6) is 5.75 Å². The van der Waals surface area contributed by atoms with E-state index in [-0.39, 0.29) is 0 Å². The summed E-state index contributed by atoms with van der Waals surface area (Å²) in [4.78, 5) is 6.86. The van der Waals surface area contributed by atoms with E-state index in [1.165, 1.54) is 19.3 Å². The molecule has 2 rings (SSSR count). The second-order valence-corrected chi connectivity index (χ2v) is 5.12. The van der Waals surface area contributed by atoms with E-state index < -0.39 is 0 Å². The Morgan fingerprint density at radius 1 is 1.47 bits per heavy atom. The van der Waals surface area contributed by atoms with Gasteiger partial charge < -0.3 is 15.0 Å². The fourth-order valence-electron chi connectivity index (χ4n) is 2.68. The van der Waals surface area contributed by atoms with E-state index in [9.17, 15) is 0 Å². The molecule has 0 bridgehead atoms. The molecule has 1 aliphatic heterocycles. The molecule has 4 heteroatoms. The molecule has 0 radical (unpaired) electrons. The van der Waals surface area contributed by atoms with Crippen LogP contribution in [-0.2, 0) is 0 Å². The van der Waals surface area contributed by atoms with Crippen LogP contribution in [0.25, 0.3) is 0 Å². The SMILES string of the molecule is CCCN(CC1CCCCN1)c1ncccc1OC. The summed E-state index contributed by atoms with van der Waals surface area (Å²) in [5.41, 5.74) is 0. The third-order valence-corrected chi connectivity index (χ3v) is 3.62. The smallest absolute Gasteiger partial charge is 0.171 e. The highest BCUT2D eigenvalue weighted by molar-refractivity contribution is 5.52. The highest BCUT2D eigenvalue weighted by Crippen LogP contribution is 2.25. The monoisotopic (exact) mass is 263 g/mol. The zero-order chi connectivity index (χ0) is 13.5. The Hall–Kier alpha value is -1.29. The number of piperidine rings is 1. The molecule has 1 aliphatic rings. The van der Waals surface area contributed by atoms with Gasteiger partial charge in [-0.05, 0) is 37.9 Å². The van der Waals surface area contributed by atoms with Crippen molar-refractivity contribution in [1.82, 2.24) is 10.3 Å². The molecule has 2 heterocycles. The van der Waals surface area contributed by atoms with Crippen LogP contribution in [-0.4, -0.2) is 37.8 Å². The number of anilines is 1. The van der Waals surface area contributed by atoms with E-state index in [2.05, 4.69) is 22.1 Å². The molecular weight excluding hydrogens is 238 g/mol. The summed E-state index contributed by atoms with van der Waals surface area (Å²) in [6, 6.07) is 4.48. The first kappa shape index (κ1) is 14.1. The van der Waals surface area contributed by atoms with Gasteiger partial charge in [0, 0.05) is 25.3 Å². The maximum atomic E-state index is 5.44. The number of hydrogen-bond donors (Lipinski definition) is 1. The number of ether oxygens (including phenoxy) is 1. The highest BCUT2D eigenvalue weighted by Gasteiger charge is 2.19. The molecule has 0 aromatic carbocycles. The van der Waals surface area contributed by atoms with Gasteiger partial charge in [0.1, 0.15) is 0 Å². The Bertz CT molecular complexity index is 377. The molecule has 0 saturated carbocycles. The minimum atomic E-state index is 0.576. The van der Waals surface area contributed by atoms with Crippen molar-refractivity contribution in [3.63, 3.8) is 0 Å². The van der Waals surface area contributed by atoms with Gasteiger partial charge in [-0.15, -0.1) is 0 Å². The fourth-order valence-corrected chi connectivity index (χ4v) is 2.68. The van der Waals surface area contributed by atoms with Gasteiger partial charge in [0.15, 0.2) is 11.6 Å². The van der Waals surface area contributed by atoms with Crippen molar-refractivity contribution in [3.8, 4) is 5.75 Å². The number of nitrogens with zero attached hydrogens (tertiary/aromatic N) is 2. The highest BCUT2D eigenvalue weighted by atomic mass is 16.5. The van der Waals surface area contributed by atoms with E-state index in [1.807, 2.05) is 18.3 Å². The van der Waals surface area contributed by atoms with E-state index in [1.54, 1.807) is 7.11 Å². The van der Waals surface area contributed by atoms with Crippen molar-refractivity contribution in [3.05, 3.63) is 18.3 Å². The molecule has 0 spiro atoms. The summed E-state index contributed by atoms with van der Waals surface area (Å²) in [6.07, 6.45) is 6.85. The lowest BCUT2D eigenvalue weighted by Crippen LogP contribution is -2.44. The van der Waals surface area contributed by atoms with Crippen molar-refractivity contribution in [2.24, 2.45) is 0 Å². The normalized spacial score (nSPS) is 19.2. The molecule has 1 aromatic rings. The summed E-state index contributed by atoms with van der Waals surface area (Å²) in [7, 11) is 1.71. The fraction of sp³-hybridized carbons (Fsp3) is 0.667. The van der Waals surface area contributed by atoms with Gasteiger partial charge in [-0.25, -0.2) is 4.98 Å². The maximum absolute atomic E-state index is 5.44. The Balaban J connectivity index is 2.09. The summed E-state index contributed by atoms with van der Waals surface area (Å²) in [5, 5.41) is 3.60. The standard InChI is InChI=1S/C15H25N3O/c1-3-11-18(12-13-7-4-5-9-16-13)15-14(19-2)8-6-10-17-15/h6,8,10,13,16H,3-5,7,9,11-12H2,1-2H3. The third-order valence-electron chi connectivity index (χ3n) is 3.62. The molecule has 1 saturated heterocycles. The molecule has 106 valence electrons. The first-order chi connectivity index (χ1) is 9.35. The molecule has 4 nitrogen and oxygen atoms in total. The molecule has 1 aromatic heterocycles. The van der Waals surface area contributed by atoms with Gasteiger partial charge >= 0.3 is 0 Å². The molecular formula is C15H25N3O. The Labute approximate surface area is 116 Å². The van der Waals surface area contributed by atoms with E-state index in [0.717, 1.165) is 37.6 Å². The average Bonchev–Trinajstić information content (AvgIpc) is 2.48. The molecule has 1 atom stereocenters. The maximum Gasteiger partial charge on any atom is 0.171 e. The van der Waals surface area contributed by atoms with Crippen molar-refractivity contribution in [1.29, 1.82) is 0 Å². The van der Waals surface area contributed by atoms with E-state index >= 15 is 0 Å². The Kier molecular flexibility index (Phi) is 5.45. The quantitative estimate of drug-likeness (QED) is 0.855. The predicted molar refractivity (Wildman–Crippen MR) is 78.9 cm³/mol. The molecule has 0 aliphatic carbocycles. The number of nitrogens with one attached hydrogen (secondary N) is 1. The van der Waals surface area contributed by atoms with Crippen LogP contribution in [0.15, 0.2) is 18.3 Å². The lowest BCUT2D eigenvalue weighted by atomic mass is 10.0. The molecule has 19 heavy (non-hydrogen) atoms. The van der Waals surface area contributed by atoms with Gasteiger partial charge in [-0.3, -0.25) is 0 Å².